The topological polar surface area (TPSA) is 89.3 Å². The third kappa shape index (κ3) is 1.38. The summed E-state index contributed by atoms with van der Waals surface area (Å²) in [5.74, 6) is 0.456. The average Bonchev–Trinajstić information content (AvgIpc) is 2.77. The van der Waals surface area contributed by atoms with E-state index in [2.05, 4.69) is 15.3 Å². The van der Waals surface area contributed by atoms with Crippen LogP contribution in [0, 0.1) is 0 Å². The summed E-state index contributed by atoms with van der Waals surface area (Å²) in [6, 6.07) is 8.64. The number of aromatic hydroxyl groups is 1. The van der Waals surface area contributed by atoms with Crippen molar-refractivity contribution in [2.75, 3.05) is 5.73 Å². The Morgan fingerprint density at radius 2 is 2.00 bits per heavy atom. The van der Waals surface area contributed by atoms with Gasteiger partial charge in [0.05, 0.1) is 11.3 Å². The molecular formula is C11H9N5O. The van der Waals surface area contributed by atoms with Crippen LogP contribution >= 0.6 is 0 Å². The van der Waals surface area contributed by atoms with Crippen LogP contribution in [0.4, 0.5) is 5.69 Å². The highest BCUT2D eigenvalue weighted by Gasteiger charge is 2.13. The summed E-state index contributed by atoms with van der Waals surface area (Å²) in [6.45, 7) is 0. The van der Waals surface area contributed by atoms with Crippen LogP contribution in [0.1, 0.15) is 0 Å². The highest BCUT2D eigenvalue weighted by molar-refractivity contribution is 5.73. The number of rotatable bonds is 1. The number of para-hydroxylation sites is 1. The molecular weight excluding hydrogens is 218 g/mol. The van der Waals surface area contributed by atoms with Crippen LogP contribution in [0.5, 0.6) is 5.75 Å². The third-order valence-electron chi connectivity index (χ3n) is 2.49. The minimum Gasteiger partial charge on any atom is -0.505 e. The van der Waals surface area contributed by atoms with Crippen molar-refractivity contribution < 1.29 is 5.11 Å². The van der Waals surface area contributed by atoms with E-state index in [1.54, 1.807) is 41.0 Å². The number of nitrogens with zero attached hydrogens (tertiary/aromatic N) is 4. The number of phenolic OH excluding ortho intramolecular Hbond substituents is 1. The van der Waals surface area contributed by atoms with Gasteiger partial charge in [-0.3, -0.25) is 0 Å². The number of aromatic nitrogens is 4. The number of nitrogens with two attached hydrogens (primary N) is 1. The first-order valence-electron chi connectivity index (χ1n) is 5.01. The number of fused-ring (bicyclic) bond motifs is 1. The predicted octanol–water partition coefficient (Wildman–Crippen LogP) is 1.08. The Kier molecular flexibility index (Phi) is 1.94. The molecule has 0 bridgehead atoms. The first-order chi connectivity index (χ1) is 8.27. The van der Waals surface area contributed by atoms with Crippen molar-refractivity contribution in [2.45, 2.75) is 0 Å². The zero-order chi connectivity index (χ0) is 11.8. The summed E-state index contributed by atoms with van der Waals surface area (Å²) in [7, 11) is 0. The molecule has 0 aliphatic carbocycles. The van der Waals surface area contributed by atoms with Crippen molar-refractivity contribution in [1.82, 2.24) is 19.8 Å². The molecule has 3 N–H and O–H groups in total. The van der Waals surface area contributed by atoms with E-state index in [4.69, 9.17) is 5.73 Å². The van der Waals surface area contributed by atoms with Gasteiger partial charge in [0.2, 0.25) is 0 Å². The zero-order valence-corrected chi connectivity index (χ0v) is 8.78. The number of anilines is 1. The lowest BCUT2D eigenvalue weighted by atomic mass is 10.1. The molecule has 1 aromatic carbocycles. The van der Waals surface area contributed by atoms with E-state index in [9.17, 15) is 5.11 Å². The summed E-state index contributed by atoms with van der Waals surface area (Å²) in [4.78, 5) is 0. The van der Waals surface area contributed by atoms with E-state index in [0.29, 0.717) is 22.7 Å². The molecule has 0 amide bonds. The lowest BCUT2D eigenvalue weighted by Crippen LogP contribution is -1.95. The molecule has 3 rings (SSSR count). The van der Waals surface area contributed by atoms with Crippen LogP contribution in [0.2, 0.25) is 0 Å². The lowest BCUT2D eigenvalue weighted by Gasteiger charge is -2.04. The summed E-state index contributed by atoms with van der Waals surface area (Å²) >= 11 is 0. The molecule has 0 saturated heterocycles. The minimum absolute atomic E-state index is 0.00699. The molecule has 0 aliphatic rings. The van der Waals surface area contributed by atoms with E-state index in [-0.39, 0.29) is 5.75 Å². The SMILES string of the molecule is Nc1cccc(-c2nnc3cccnn23)c1O. The van der Waals surface area contributed by atoms with Crippen molar-refractivity contribution in [2.24, 2.45) is 0 Å². The van der Waals surface area contributed by atoms with Gasteiger partial charge in [0.25, 0.3) is 0 Å². The molecule has 6 nitrogen and oxygen atoms in total. The summed E-state index contributed by atoms with van der Waals surface area (Å²) < 4.78 is 1.55. The first-order valence-corrected chi connectivity index (χ1v) is 5.01. The second-order valence-corrected chi connectivity index (χ2v) is 3.56. The largest absolute Gasteiger partial charge is 0.505 e. The number of nitrogen functional groups attached to an aromatic ring is 1. The molecule has 84 valence electrons. The van der Waals surface area contributed by atoms with Gasteiger partial charge in [-0.15, -0.1) is 10.2 Å². The van der Waals surface area contributed by atoms with Crippen LogP contribution in [-0.2, 0) is 0 Å². The van der Waals surface area contributed by atoms with Gasteiger partial charge in [-0.1, -0.05) is 6.07 Å². The van der Waals surface area contributed by atoms with Gasteiger partial charge in [-0.2, -0.15) is 9.61 Å². The molecule has 0 aliphatic heterocycles. The lowest BCUT2D eigenvalue weighted by molar-refractivity contribution is 0.479. The van der Waals surface area contributed by atoms with E-state index in [1.807, 2.05) is 0 Å². The number of hydrogen-bond donors (Lipinski definition) is 2. The van der Waals surface area contributed by atoms with Crippen molar-refractivity contribution in [3.63, 3.8) is 0 Å². The Balaban J connectivity index is 2.31. The number of benzene rings is 1. The summed E-state index contributed by atoms with van der Waals surface area (Å²) in [6.07, 6.45) is 1.63. The Hall–Kier alpha value is -2.63. The molecule has 3 aromatic rings. The van der Waals surface area contributed by atoms with Crippen molar-refractivity contribution in [3.05, 3.63) is 36.5 Å². The minimum atomic E-state index is -0.00699. The average molecular weight is 227 g/mol. The van der Waals surface area contributed by atoms with Gasteiger partial charge in [0.1, 0.15) is 5.75 Å². The van der Waals surface area contributed by atoms with Crippen molar-refractivity contribution in [1.29, 1.82) is 0 Å². The van der Waals surface area contributed by atoms with Gasteiger partial charge in [-0.05, 0) is 24.3 Å². The van der Waals surface area contributed by atoms with Crippen molar-refractivity contribution >= 4 is 11.3 Å². The van der Waals surface area contributed by atoms with E-state index in [1.165, 1.54) is 0 Å². The molecule has 0 fully saturated rings. The first kappa shape index (κ1) is 9.59. The van der Waals surface area contributed by atoms with Crippen LogP contribution in [-0.4, -0.2) is 24.9 Å². The van der Waals surface area contributed by atoms with Crippen LogP contribution in [0.25, 0.3) is 17.0 Å². The molecule has 0 saturated carbocycles. The molecule has 0 radical (unpaired) electrons. The Morgan fingerprint density at radius 1 is 1.12 bits per heavy atom. The Bertz CT molecular complexity index is 691. The predicted molar refractivity (Wildman–Crippen MR) is 62.3 cm³/mol. The fourth-order valence-corrected chi connectivity index (χ4v) is 1.65. The monoisotopic (exact) mass is 227 g/mol. The zero-order valence-electron chi connectivity index (χ0n) is 8.78. The molecule has 0 atom stereocenters. The molecule has 2 aromatic heterocycles. The number of phenols is 1. The van der Waals surface area contributed by atoms with E-state index < -0.39 is 0 Å². The Morgan fingerprint density at radius 3 is 2.88 bits per heavy atom. The van der Waals surface area contributed by atoms with E-state index >= 15 is 0 Å². The van der Waals surface area contributed by atoms with Gasteiger partial charge in [-0.25, -0.2) is 0 Å². The van der Waals surface area contributed by atoms with Gasteiger partial charge >= 0.3 is 0 Å². The van der Waals surface area contributed by atoms with E-state index in [0.717, 1.165) is 0 Å². The highest BCUT2D eigenvalue weighted by Crippen LogP contribution is 2.32. The summed E-state index contributed by atoms with van der Waals surface area (Å²) in [5, 5.41) is 22.0. The summed E-state index contributed by atoms with van der Waals surface area (Å²) in [5.41, 5.74) is 7.07. The second-order valence-electron chi connectivity index (χ2n) is 3.56. The van der Waals surface area contributed by atoms with Gasteiger partial charge in [0, 0.05) is 6.20 Å². The normalized spacial score (nSPS) is 10.8. The van der Waals surface area contributed by atoms with Crippen LogP contribution < -0.4 is 5.73 Å². The van der Waals surface area contributed by atoms with Crippen molar-refractivity contribution in [3.8, 4) is 17.1 Å². The maximum absolute atomic E-state index is 9.89. The molecule has 0 spiro atoms. The molecule has 2 heterocycles. The maximum atomic E-state index is 9.89. The Labute approximate surface area is 96.3 Å². The quantitative estimate of drug-likeness (QED) is 0.479. The highest BCUT2D eigenvalue weighted by atomic mass is 16.3. The molecule has 17 heavy (non-hydrogen) atoms. The molecule has 6 heteroatoms. The van der Waals surface area contributed by atoms with Crippen LogP contribution in [0.15, 0.2) is 36.5 Å². The fourth-order valence-electron chi connectivity index (χ4n) is 1.65. The fraction of sp³-hybridized carbons (Fsp3) is 0. The standard InChI is InChI=1S/C11H9N5O/c12-8-4-1-3-7(10(8)17)11-15-14-9-5-2-6-13-16(9)11/h1-6,17H,12H2. The van der Waals surface area contributed by atoms with Gasteiger partial charge in [0.15, 0.2) is 11.5 Å². The van der Waals surface area contributed by atoms with Gasteiger partial charge < -0.3 is 10.8 Å². The molecule has 0 unspecified atom stereocenters. The smallest absolute Gasteiger partial charge is 0.189 e. The third-order valence-corrected chi connectivity index (χ3v) is 2.49. The maximum Gasteiger partial charge on any atom is 0.189 e. The second kappa shape index (κ2) is 3.44. The van der Waals surface area contributed by atoms with Crippen LogP contribution in [0.3, 0.4) is 0 Å². The number of hydrogen-bond acceptors (Lipinski definition) is 5.